The Morgan fingerprint density at radius 1 is 1.08 bits per heavy atom. The van der Waals surface area contributed by atoms with E-state index in [9.17, 15) is 9.90 Å². The SMILES string of the molecule is Cc1ccc(C(=O)O)c(C)c1C1CCN(Cc2ccccc2)CC1.Cl. The van der Waals surface area contributed by atoms with Gasteiger partial charge in [-0.25, -0.2) is 4.79 Å². The number of benzene rings is 2. The van der Waals surface area contributed by atoms with Gasteiger partial charge in [-0.05, 0) is 74.0 Å². The van der Waals surface area contributed by atoms with E-state index in [-0.39, 0.29) is 12.4 Å². The lowest BCUT2D eigenvalue weighted by Gasteiger charge is -2.33. The Kier molecular flexibility index (Phi) is 6.63. The monoisotopic (exact) mass is 359 g/mol. The average molecular weight is 360 g/mol. The third-order valence-corrected chi connectivity index (χ3v) is 5.21. The predicted octanol–water partition coefficient (Wildman–Crippen LogP) is 4.80. The molecule has 0 unspecified atom stereocenters. The van der Waals surface area contributed by atoms with Crippen LogP contribution < -0.4 is 0 Å². The van der Waals surface area contributed by atoms with Crippen molar-refractivity contribution in [3.05, 3.63) is 70.3 Å². The van der Waals surface area contributed by atoms with Crippen molar-refractivity contribution < 1.29 is 9.90 Å². The highest BCUT2D eigenvalue weighted by Crippen LogP contribution is 2.34. The Morgan fingerprint density at radius 2 is 1.72 bits per heavy atom. The molecular weight excluding hydrogens is 334 g/mol. The van der Waals surface area contributed by atoms with Crippen LogP contribution in [-0.4, -0.2) is 29.1 Å². The van der Waals surface area contributed by atoms with Gasteiger partial charge in [0.15, 0.2) is 0 Å². The zero-order valence-electron chi connectivity index (χ0n) is 14.9. The molecule has 2 aromatic rings. The van der Waals surface area contributed by atoms with Crippen molar-refractivity contribution in [1.29, 1.82) is 0 Å². The predicted molar refractivity (Wildman–Crippen MR) is 104 cm³/mol. The fourth-order valence-electron chi connectivity index (χ4n) is 3.95. The van der Waals surface area contributed by atoms with Crippen molar-refractivity contribution in [3.63, 3.8) is 0 Å². The number of carboxylic acid groups (broad SMARTS) is 1. The van der Waals surface area contributed by atoms with Gasteiger partial charge in [-0.3, -0.25) is 4.90 Å². The van der Waals surface area contributed by atoms with Crippen LogP contribution in [0.2, 0.25) is 0 Å². The molecule has 134 valence electrons. The molecule has 2 aromatic carbocycles. The summed E-state index contributed by atoms with van der Waals surface area (Å²) < 4.78 is 0. The molecule has 3 nitrogen and oxygen atoms in total. The molecule has 1 fully saturated rings. The third-order valence-electron chi connectivity index (χ3n) is 5.21. The number of nitrogens with zero attached hydrogens (tertiary/aromatic N) is 1. The number of piperidine rings is 1. The van der Waals surface area contributed by atoms with Crippen molar-refractivity contribution in [2.75, 3.05) is 13.1 Å². The summed E-state index contributed by atoms with van der Waals surface area (Å²) in [5.41, 5.74) is 5.23. The van der Waals surface area contributed by atoms with Gasteiger partial charge in [0.05, 0.1) is 5.56 Å². The van der Waals surface area contributed by atoms with Crippen LogP contribution in [0.3, 0.4) is 0 Å². The molecule has 3 rings (SSSR count). The summed E-state index contributed by atoms with van der Waals surface area (Å²) in [7, 11) is 0. The minimum atomic E-state index is -0.824. The molecule has 0 amide bonds. The molecule has 0 atom stereocenters. The van der Waals surface area contributed by atoms with Gasteiger partial charge < -0.3 is 5.11 Å². The Hall–Kier alpha value is -1.84. The highest BCUT2D eigenvalue weighted by atomic mass is 35.5. The molecule has 0 aromatic heterocycles. The molecule has 1 aliphatic heterocycles. The van der Waals surface area contributed by atoms with Crippen LogP contribution >= 0.6 is 12.4 Å². The highest BCUT2D eigenvalue weighted by molar-refractivity contribution is 5.90. The van der Waals surface area contributed by atoms with Crippen molar-refractivity contribution in [1.82, 2.24) is 4.90 Å². The van der Waals surface area contributed by atoms with Crippen molar-refractivity contribution in [3.8, 4) is 0 Å². The fourth-order valence-corrected chi connectivity index (χ4v) is 3.95. The van der Waals surface area contributed by atoms with E-state index in [0.717, 1.165) is 38.0 Å². The molecule has 0 bridgehead atoms. The lowest BCUT2D eigenvalue weighted by Crippen LogP contribution is -2.33. The van der Waals surface area contributed by atoms with E-state index in [1.807, 2.05) is 13.0 Å². The van der Waals surface area contributed by atoms with Crippen LogP contribution in [0, 0.1) is 13.8 Å². The van der Waals surface area contributed by atoms with Crippen LogP contribution in [0.4, 0.5) is 0 Å². The summed E-state index contributed by atoms with van der Waals surface area (Å²) in [5, 5.41) is 9.38. The summed E-state index contributed by atoms with van der Waals surface area (Å²) >= 11 is 0. The van der Waals surface area contributed by atoms with Gasteiger partial charge in [-0.1, -0.05) is 36.4 Å². The van der Waals surface area contributed by atoms with Crippen LogP contribution in [-0.2, 0) is 6.54 Å². The second-order valence-electron chi connectivity index (χ2n) is 6.81. The number of hydrogen-bond acceptors (Lipinski definition) is 2. The molecule has 0 radical (unpaired) electrons. The van der Waals surface area contributed by atoms with Crippen LogP contribution in [0.25, 0.3) is 0 Å². The summed E-state index contributed by atoms with van der Waals surface area (Å²) in [5.74, 6) is -0.355. The van der Waals surface area contributed by atoms with E-state index in [4.69, 9.17) is 0 Å². The summed E-state index contributed by atoms with van der Waals surface area (Å²) in [6.07, 6.45) is 2.19. The highest BCUT2D eigenvalue weighted by Gasteiger charge is 2.25. The summed E-state index contributed by atoms with van der Waals surface area (Å²) in [6, 6.07) is 14.3. The van der Waals surface area contributed by atoms with E-state index in [0.29, 0.717) is 11.5 Å². The molecule has 0 aliphatic carbocycles. The van der Waals surface area contributed by atoms with Gasteiger partial charge in [0.1, 0.15) is 0 Å². The van der Waals surface area contributed by atoms with E-state index in [2.05, 4.69) is 42.2 Å². The zero-order valence-corrected chi connectivity index (χ0v) is 15.7. The molecule has 4 heteroatoms. The smallest absolute Gasteiger partial charge is 0.335 e. The first kappa shape index (κ1) is 19.5. The molecule has 1 heterocycles. The van der Waals surface area contributed by atoms with Gasteiger partial charge >= 0.3 is 5.97 Å². The second-order valence-corrected chi connectivity index (χ2v) is 6.81. The Morgan fingerprint density at radius 3 is 2.32 bits per heavy atom. The lowest BCUT2D eigenvalue weighted by molar-refractivity contribution is 0.0696. The normalized spacial score (nSPS) is 15.6. The molecule has 1 N–H and O–H groups in total. The van der Waals surface area contributed by atoms with Crippen LogP contribution in [0.15, 0.2) is 42.5 Å². The molecule has 25 heavy (non-hydrogen) atoms. The van der Waals surface area contributed by atoms with Crippen LogP contribution in [0.1, 0.15) is 51.4 Å². The summed E-state index contributed by atoms with van der Waals surface area (Å²) in [4.78, 5) is 13.9. The summed E-state index contributed by atoms with van der Waals surface area (Å²) in [6.45, 7) is 7.19. The van der Waals surface area contributed by atoms with Gasteiger partial charge in [0.2, 0.25) is 0 Å². The molecule has 0 spiro atoms. The maximum Gasteiger partial charge on any atom is 0.335 e. The van der Waals surface area contributed by atoms with Crippen molar-refractivity contribution in [2.24, 2.45) is 0 Å². The molecule has 0 saturated carbocycles. The van der Waals surface area contributed by atoms with E-state index in [1.165, 1.54) is 16.7 Å². The van der Waals surface area contributed by atoms with Gasteiger partial charge in [0.25, 0.3) is 0 Å². The molecule has 1 aliphatic rings. The van der Waals surface area contributed by atoms with E-state index >= 15 is 0 Å². The largest absolute Gasteiger partial charge is 0.478 e. The minimum Gasteiger partial charge on any atom is -0.478 e. The number of carboxylic acids is 1. The first-order chi connectivity index (χ1) is 11.6. The number of halogens is 1. The molecule has 1 saturated heterocycles. The number of carbonyl (C=O) groups is 1. The first-order valence-corrected chi connectivity index (χ1v) is 8.66. The van der Waals surface area contributed by atoms with Gasteiger partial charge in [-0.15, -0.1) is 12.4 Å². The maximum atomic E-state index is 11.4. The van der Waals surface area contributed by atoms with Crippen LogP contribution in [0.5, 0.6) is 0 Å². The Balaban J connectivity index is 0.00000225. The van der Waals surface area contributed by atoms with E-state index < -0.39 is 5.97 Å². The zero-order chi connectivity index (χ0) is 17.1. The van der Waals surface area contributed by atoms with Gasteiger partial charge in [0, 0.05) is 6.54 Å². The average Bonchev–Trinajstić information content (AvgIpc) is 2.57. The van der Waals surface area contributed by atoms with Crippen molar-refractivity contribution >= 4 is 18.4 Å². The minimum absolute atomic E-state index is 0. The Labute approximate surface area is 156 Å². The second kappa shape index (κ2) is 8.50. The standard InChI is InChI=1S/C21H25NO2.ClH/c1-15-8-9-19(21(23)24)16(2)20(15)18-10-12-22(13-11-18)14-17-6-4-3-5-7-17;/h3-9,18H,10-14H2,1-2H3,(H,23,24);1H. The number of hydrogen-bond donors (Lipinski definition) is 1. The quantitative estimate of drug-likeness (QED) is 0.852. The van der Waals surface area contributed by atoms with Gasteiger partial charge in [-0.2, -0.15) is 0 Å². The third kappa shape index (κ3) is 4.42. The maximum absolute atomic E-state index is 11.4. The number of likely N-dealkylation sites (tertiary alicyclic amines) is 1. The van der Waals surface area contributed by atoms with E-state index in [1.54, 1.807) is 6.07 Å². The molecular formula is C21H26ClNO2. The first-order valence-electron chi connectivity index (χ1n) is 8.66. The topological polar surface area (TPSA) is 40.5 Å². The van der Waals surface area contributed by atoms with Crippen molar-refractivity contribution in [2.45, 2.75) is 39.2 Å². The number of aromatic carboxylic acids is 1. The number of aryl methyl sites for hydroxylation is 1. The Bertz CT molecular complexity index is 722. The fraction of sp³-hybridized carbons (Fsp3) is 0.381. The number of rotatable bonds is 4. The lowest BCUT2D eigenvalue weighted by atomic mass is 9.82.